The van der Waals surface area contributed by atoms with Gasteiger partial charge in [-0.2, -0.15) is 0 Å². The number of rotatable bonds is 8. The predicted molar refractivity (Wildman–Crippen MR) is 148 cm³/mol. The van der Waals surface area contributed by atoms with Crippen molar-refractivity contribution in [3.63, 3.8) is 0 Å². The summed E-state index contributed by atoms with van der Waals surface area (Å²) in [6.07, 6.45) is 3.76. The topological polar surface area (TPSA) is 130 Å². The number of nitrogens with zero attached hydrogens (tertiary/aromatic N) is 3. The Morgan fingerprint density at radius 3 is 2.48 bits per heavy atom. The van der Waals surface area contributed by atoms with E-state index in [0.29, 0.717) is 32.5 Å². The normalized spacial score (nSPS) is 15.8. The first kappa shape index (κ1) is 27.4. The number of benzene rings is 2. The molecule has 2 aromatic carbocycles. The molecule has 0 atom stereocenters. The van der Waals surface area contributed by atoms with Crippen LogP contribution in [-0.2, 0) is 30.6 Å². The molecule has 3 aromatic rings. The first-order valence-electron chi connectivity index (χ1n) is 13.0. The maximum Gasteiger partial charge on any atom is 0.534 e. The molecule has 2 aliphatic rings. The van der Waals surface area contributed by atoms with Crippen molar-refractivity contribution in [1.82, 2.24) is 14.9 Å². The van der Waals surface area contributed by atoms with Crippen LogP contribution in [0.15, 0.2) is 48.7 Å². The number of hydroxylamine groups is 2. The van der Waals surface area contributed by atoms with Crippen LogP contribution in [0, 0.1) is 0 Å². The number of fused-ring (bicyclic) bond motifs is 1. The Morgan fingerprint density at radius 2 is 1.70 bits per heavy atom. The number of piperidine rings is 1. The summed E-state index contributed by atoms with van der Waals surface area (Å²) in [7, 11) is 0. The number of nitrogens with one attached hydrogen (secondary N) is 2. The molecule has 40 heavy (non-hydrogen) atoms. The van der Waals surface area contributed by atoms with Crippen LogP contribution in [0.25, 0.3) is 10.9 Å². The summed E-state index contributed by atoms with van der Waals surface area (Å²) in [4.78, 5) is 59.7. The van der Waals surface area contributed by atoms with E-state index in [-0.39, 0.29) is 31.9 Å². The van der Waals surface area contributed by atoms with Gasteiger partial charge in [0.15, 0.2) is 0 Å². The number of hydrogen-bond donors (Lipinski definition) is 2. The van der Waals surface area contributed by atoms with E-state index in [0.717, 1.165) is 37.0 Å². The predicted octanol–water partition coefficient (Wildman–Crippen LogP) is 4.77. The third kappa shape index (κ3) is 6.85. The van der Waals surface area contributed by atoms with E-state index in [1.807, 2.05) is 12.1 Å². The number of anilines is 3. The molecule has 0 aliphatic carbocycles. The van der Waals surface area contributed by atoms with Gasteiger partial charge in [-0.15, -0.1) is 0 Å². The summed E-state index contributed by atoms with van der Waals surface area (Å²) in [6.45, 7) is 1.82. The quantitative estimate of drug-likeness (QED) is 0.293. The molecule has 2 aliphatic heterocycles. The summed E-state index contributed by atoms with van der Waals surface area (Å²) in [6, 6.07) is 12.4. The smallest absolute Gasteiger partial charge is 0.428 e. The fourth-order valence-corrected chi connectivity index (χ4v) is 4.89. The van der Waals surface area contributed by atoms with Gasteiger partial charge in [0.2, 0.25) is 5.91 Å². The van der Waals surface area contributed by atoms with Gasteiger partial charge >= 0.3 is 6.16 Å². The van der Waals surface area contributed by atoms with Crippen molar-refractivity contribution in [2.45, 2.75) is 38.7 Å². The number of ether oxygens (including phenoxy) is 1. The van der Waals surface area contributed by atoms with Gasteiger partial charge in [0, 0.05) is 46.5 Å². The Balaban J connectivity index is 1.34. The Labute approximate surface area is 235 Å². The standard InChI is InChI=1S/C28H28ClN5O6/c29-19-4-5-22-23(8-9-30-24(22)14-19)31-20-12-18(17-39-28(38)40-34-26(36)6-7-27(34)37)13-21(15-20)32-25(35)16-33-10-2-1-3-11-33/h4-5,8-9,12-15H,1-3,6-7,10-11,16-17H2,(H,30,31)(H,32,35). The lowest BCUT2D eigenvalue weighted by Crippen LogP contribution is -2.36. The molecule has 1 aromatic heterocycles. The summed E-state index contributed by atoms with van der Waals surface area (Å²) >= 11 is 6.12. The average molecular weight is 566 g/mol. The largest absolute Gasteiger partial charge is 0.534 e. The van der Waals surface area contributed by atoms with Crippen LogP contribution in [0.4, 0.5) is 21.9 Å². The van der Waals surface area contributed by atoms with Crippen LogP contribution in [0.1, 0.15) is 37.7 Å². The third-order valence-corrected chi connectivity index (χ3v) is 6.84. The van der Waals surface area contributed by atoms with Crippen molar-refractivity contribution in [3.8, 4) is 0 Å². The molecule has 0 spiro atoms. The zero-order chi connectivity index (χ0) is 28.1. The molecule has 2 N–H and O–H groups in total. The SMILES string of the molecule is O=C(CN1CCCCC1)Nc1cc(COC(=O)ON2C(=O)CCC2=O)cc(Nc2ccnc3cc(Cl)ccc23)c1. The lowest BCUT2D eigenvalue weighted by Gasteiger charge is -2.25. The number of hydrogen-bond acceptors (Lipinski definition) is 9. The molecule has 5 rings (SSSR count). The van der Waals surface area contributed by atoms with Gasteiger partial charge in [-0.1, -0.05) is 23.1 Å². The average Bonchev–Trinajstić information content (AvgIpc) is 3.24. The number of imide groups is 1. The molecule has 208 valence electrons. The van der Waals surface area contributed by atoms with Gasteiger partial charge in [0.25, 0.3) is 11.8 Å². The highest BCUT2D eigenvalue weighted by atomic mass is 35.5. The highest BCUT2D eigenvalue weighted by Crippen LogP contribution is 2.29. The first-order valence-corrected chi connectivity index (χ1v) is 13.4. The van der Waals surface area contributed by atoms with Crippen LogP contribution in [-0.4, -0.2) is 58.5 Å². The lowest BCUT2D eigenvalue weighted by molar-refractivity contribution is -0.177. The number of aromatic nitrogens is 1. The van der Waals surface area contributed by atoms with Gasteiger partial charge in [-0.3, -0.25) is 29.1 Å². The molecule has 3 heterocycles. The molecular weight excluding hydrogens is 538 g/mol. The molecule has 0 unspecified atom stereocenters. The maximum absolute atomic E-state index is 12.8. The minimum Gasteiger partial charge on any atom is -0.428 e. The minimum absolute atomic E-state index is 0.0177. The number of amides is 3. The molecule has 0 saturated carbocycles. The van der Waals surface area contributed by atoms with Crippen LogP contribution < -0.4 is 10.6 Å². The van der Waals surface area contributed by atoms with Crippen molar-refractivity contribution in [2.75, 3.05) is 30.3 Å². The van der Waals surface area contributed by atoms with Crippen LogP contribution >= 0.6 is 11.6 Å². The van der Waals surface area contributed by atoms with Crippen molar-refractivity contribution in [3.05, 3.63) is 59.2 Å². The zero-order valence-corrected chi connectivity index (χ0v) is 22.4. The minimum atomic E-state index is -1.19. The van der Waals surface area contributed by atoms with E-state index in [1.165, 1.54) is 6.42 Å². The van der Waals surface area contributed by atoms with E-state index in [9.17, 15) is 19.2 Å². The highest BCUT2D eigenvalue weighted by Gasteiger charge is 2.33. The van der Waals surface area contributed by atoms with E-state index in [2.05, 4.69) is 20.5 Å². The Bertz CT molecular complexity index is 1440. The molecule has 0 bridgehead atoms. The van der Waals surface area contributed by atoms with Crippen LogP contribution in [0.2, 0.25) is 5.02 Å². The molecule has 3 amide bonds. The Kier molecular flexibility index (Phi) is 8.42. The molecule has 2 fully saturated rings. The molecule has 2 saturated heterocycles. The van der Waals surface area contributed by atoms with Crippen molar-refractivity contribution in [2.24, 2.45) is 0 Å². The molecule has 11 nitrogen and oxygen atoms in total. The summed E-state index contributed by atoms with van der Waals surface area (Å²) < 4.78 is 5.18. The highest BCUT2D eigenvalue weighted by molar-refractivity contribution is 6.31. The number of carbonyl (C=O) groups excluding carboxylic acids is 4. The van der Waals surface area contributed by atoms with E-state index < -0.39 is 18.0 Å². The summed E-state index contributed by atoms with van der Waals surface area (Å²) in [5.74, 6) is -1.35. The third-order valence-electron chi connectivity index (χ3n) is 6.60. The number of likely N-dealkylation sites (tertiary alicyclic amines) is 1. The fourth-order valence-electron chi connectivity index (χ4n) is 4.73. The molecular formula is C28H28ClN5O6. The number of carbonyl (C=O) groups is 4. The van der Waals surface area contributed by atoms with Gasteiger partial charge in [0.1, 0.15) is 6.61 Å². The maximum atomic E-state index is 12.8. The number of pyridine rings is 1. The van der Waals surface area contributed by atoms with Gasteiger partial charge in [-0.25, -0.2) is 4.79 Å². The van der Waals surface area contributed by atoms with Crippen molar-refractivity contribution < 1.29 is 28.8 Å². The second-order valence-electron chi connectivity index (χ2n) is 9.66. The lowest BCUT2D eigenvalue weighted by atomic mass is 10.1. The molecule has 12 heteroatoms. The second-order valence-corrected chi connectivity index (χ2v) is 10.1. The first-order chi connectivity index (χ1) is 19.3. The van der Waals surface area contributed by atoms with E-state index in [1.54, 1.807) is 36.5 Å². The van der Waals surface area contributed by atoms with E-state index in [4.69, 9.17) is 21.2 Å². The summed E-state index contributed by atoms with van der Waals surface area (Å²) in [5, 5.41) is 8.12. The van der Waals surface area contributed by atoms with Crippen molar-refractivity contribution in [1.29, 1.82) is 0 Å². The van der Waals surface area contributed by atoms with E-state index >= 15 is 0 Å². The molecule has 0 radical (unpaired) electrons. The second kappa shape index (κ2) is 12.3. The number of halogens is 1. The Morgan fingerprint density at radius 1 is 0.950 bits per heavy atom. The van der Waals surface area contributed by atoms with Crippen LogP contribution in [0.5, 0.6) is 0 Å². The van der Waals surface area contributed by atoms with Crippen molar-refractivity contribution >= 4 is 63.4 Å². The Hall–Kier alpha value is -4.22. The summed E-state index contributed by atoms with van der Waals surface area (Å²) in [5.41, 5.74) is 3.13. The van der Waals surface area contributed by atoms with Gasteiger partial charge in [0.05, 0.1) is 12.1 Å². The van der Waals surface area contributed by atoms with Gasteiger partial charge < -0.3 is 15.4 Å². The zero-order valence-electron chi connectivity index (χ0n) is 21.7. The fraction of sp³-hybridized carbons (Fsp3) is 0.321. The monoisotopic (exact) mass is 565 g/mol. The van der Waals surface area contributed by atoms with Gasteiger partial charge in [-0.05, 0) is 74.0 Å². The van der Waals surface area contributed by atoms with Crippen LogP contribution in [0.3, 0.4) is 0 Å².